The first-order chi connectivity index (χ1) is 3.79. The maximum Gasteiger partial charge on any atom is 0.104 e. The second-order valence-corrected chi connectivity index (χ2v) is 3.01. The Kier molecular flexibility index (Phi) is 1.78. The zero-order valence-corrected chi connectivity index (χ0v) is 5.74. The van der Waals surface area contributed by atoms with Gasteiger partial charge in [0.2, 0.25) is 0 Å². The number of nitrogens with zero attached hydrogens (tertiary/aromatic N) is 1. The first kappa shape index (κ1) is 5.95. The predicted molar refractivity (Wildman–Crippen MR) is 38.4 cm³/mol. The zero-order valence-electron chi connectivity index (χ0n) is 4.92. The van der Waals surface area contributed by atoms with E-state index in [4.69, 9.17) is 5.73 Å². The highest BCUT2D eigenvalue weighted by Crippen LogP contribution is 2.09. The molecule has 8 heavy (non-hydrogen) atoms. The lowest BCUT2D eigenvalue weighted by atomic mass is 10.4. The number of rotatable bonds is 0. The van der Waals surface area contributed by atoms with E-state index in [1.54, 1.807) is 0 Å². The number of amidine groups is 1. The fourth-order valence-corrected chi connectivity index (χ4v) is 1.51. The van der Waals surface area contributed by atoms with E-state index < -0.39 is 0 Å². The van der Waals surface area contributed by atoms with Crippen molar-refractivity contribution in [1.82, 2.24) is 0 Å². The number of nitrogens with two attached hydrogens (primary N) is 1. The third-order valence-electron chi connectivity index (χ3n) is 0.995. The fourth-order valence-electron chi connectivity index (χ4n) is 0.692. The van der Waals surface area contributed by atoms with Gasteiger partial charge in [-0.15, -0.1) is 0 Å². The van der Waals surface area contributed by atoms with Gasteiger partial charge in [-0.05, 0) is 6.92 Å². The summed E-state index contributed by atoms with van der Waals surface area (Å²) >= 11 is 1.86. The molecule has 0 fully saturated rings. The summed E-state index contributed by atoms with van der Waals surface area (Å²) < 4.78 is 0. The molecule has 46 valence electrons. The number of aliphatic imine (C=N–C) groups is 1. The molecule has 0 bridgehead atoms. The van der Waals surface area contributed by atoms with Gasteiger partial charge in [-0.25, -0.2) is 0 Å². The molecule has 1 atom stereocenters. The highest BCUT2D eigenvalue weighted by atomic mass is 32.2. The van der Waals surface area contributed by atoms with E-state index in [1.807, 2.05) is 11.8 Å². The average molecular weight is 130 g/mol. The molecule has 2 nitrogen and oxygen atoms in total. The van der Waals surface area contributed by atoms with Crippen LogP contribution in [0.15, 0.2) is 4.99 Å². The standard InChI is InChI=1S/C5H10N2S/c1-4-2-8-3-5(6)7-4/h4H,2-3H2,1H3,(H2,6,7). The Morgan fingerprint density at radius 1 is 1.88 bits per heavy atom. The molecule has 1 aliphatic rings. The average Bonchev–Trinajstić information content (AvgIpc) is 1.64. The summed E-state index contributed by atoms with van der Waals surface area (Å²) in [4.78, 5) is 4.16. The van der Waals surface area contributed by atoms with Crippen LogP contribution in [0, 0.1) is 0 Å². The van der Waals surface area contributed by atoms with Crippen LogP contribution in [-0.2, 0) is 0 Å². The smallest absolute Gasteiger partial charge is 0.104 e. The second-order valence-electron chi connectivity index (χ2n) is 1.98. The molecule has 0 aliphatic carbocycles. The predicted octanol–water partition coefficient (Wildman–Crippen LogP) is 0.479. The van der Waals surface area contributed by atoms with E-state index in [-0.39, 0.29) is 0 Å². The SMILES string of the molecule is CC1CSCC(N)=N1. The summed E-state index contributed by atoms with van der Waals surface area (Å²) in [5.74, 6) is 2.85. The zero-order chi connectivity index (χ0) is 5.98. The van der Waals surface area contributed by atoms with E-state index in [0.29, 0.717) is 6.04 Å². The maximum absolute atomic E-state index is 5.45. The van der Waals surface area contributed by atoms with Crippen molar-refractivity contribution in [3.05, 3.63) is 0 Å². The van der Waals surface area contributed by atoms with Crippen molar-refractivity contribution in [2.75, 3.05) is 11.5 Å². The summed E-state index contributed by atoms with van der Waals surface area (Å²) in [5, 5.41) is 0. The van der Waals surface area contributed by atoms with Gasteiger partial charge in [0, 0.05) is 5.75 Å². The summed E-state index contributed by atoms with van der Waals surface area (Å²) in [6.45, 7) is 2.08. The van der Waals surface area contributed by atoms with Crippen LogP contribution in [0.3, 0.4) is 0 Å². The van der Waals surface area contributed by atoms with Gasteiger partial charge in [0.15, 0.2) is 0 Å². The van der Waals surface area contributed by atoms with Crippen LogP contribution >= 0.6 is 11.8 Å². The molecule has 0 aromatic heterocycles. The number of thioether (sulfide) groups is 1. The molecular formula is C5H10N2S. The number of hydrogen-bond acceptors (Lipinski definition) is 3. The summed E-state index contributed by atoms with van der Waals surface area (Å²) in [6, 6.07) is 0.439. The Hall–Kier alpha value is -0.180. The minimum Gasteiger partial charge on any atom is -0.387 e. The van der Waals surface area contributed by atoms with Gasteiger partial charge in [-0.1, -0.05) is 0 Å². The van der Waals surface area contributed by atoms with Gasteiger partial charge >= 0.3 is 0 Å². The van der Waals surface area contributed by atoms with E-state index in [9.17, 15) is 0 Å². The third kappa shape index (κ3) is 1.40. The molecular weight excluding hydrogens is 120 g/mol. The fraction of sp³-hybridized carbons (Fsp3) is 0.800. The van der Waals surface area contributed by atoms with Gasteiger partial charge in [-0.2, -0.15) is 11.8 Å². The van der Waals surface area contributed by atoms with Gasteiger partial charge in [0.25, 0.3) is 0 Å². The van der Waals surface area contributed by atoms with Crippen LogP contribution in [0.1, 0.15) is 6.92 Å². The Morgan fingerprint density at radius 3 is 3.00 bits per heavy atom. The molecule has 0 aromatic carbocycles. The van der Waals surface area contributed by atoms with E-state index in [1.165, 1.54) is 0 Å². The van der Waals surface area contributed by atoms with Gasteiger partial charge < -0.3 is 5.73 Å². The van der Waals surface area contributed by atoms with Crippen molar-refractivity contribution in [3.8, 4) is 0 Å². The van der Waals surface area contributed by atoms with Crippen LogP contribution in [0.25, 0.3) is 0 Å². The van der Waals surface area contributed by atoms with E-state index in [2.05, 4.69) is 11.9 Å². The highest BCUT2D eigenvalue weighted by molar-refractivity contribution is 8.00. The Balaban J connectivity index is 2.50. The minimum atomic E-state index is 0.439. The van der Waals surface area contributed by atoms with Crippen LogP contribution < -0.4 is 5.73 Å². The monoisotopic (exact) mass is 130 g/mol. The van der Waals surface area contributed by atoms with Crippen molar-refractivity contribution < 1.29 is 0 Å². The number of hydrogen-bond donors (Lipinski definition) is 1. The molecule has 0 spiro atoms. The van der Waals surface area contributed by atoms with Crippen molar-refractivity contribution in [2.24, 2.45) is 10.7 Å². The lowest BCUT2D eigenvalue weighted by Crippen LogP contribution is -2.23. The molecule has 0 radical (unpaired) electrons. The molecule has 0 amide bonds. The van der Waals surface area contributed by atoms with E-state index in [0.717, 1.165) is 17.3 Å². The first-order valence-electron chi connectivity index (χ1n) is 2.69. The Labute approximate surface area is 53.6 Å². The van der Waals surface area contributed by atoms with Crippen LogP contribution in [0.5, 0.6) is 0 Å². The van der Waals surface area contributed by atoms with Crippen LogP contribution in [0.2, 0.25) is 0 Å². The molecule has 1 aliphatic heterocycles. The van der Waals surface area contributed by atoms with Crippen molar-refractivity contribution in [3.63, 3.8) is 0 Å². The van der Waals surface area contributed by atoms with Crippen molar-refractivity contribution >= 4 is 17.6 Å². The van der Waals surface area contributed by atoms with Gasteiger partial charge in [-0.3, -0.25) is 4.99 Å². The second kappa shape index (κ2) is 2.40. The summed E-state index contributed by atoms with van der Waals surface area (Å²) in [6.07, 6.45) is 0. The minimum absolute atomic E-state index is 0.439. The molecule has 0 saturated heterocycles. The Bertz CT molecular complexity index is 111. The third-order valence-corrected chi connectivity index (χ3v) is 2.21. The molecule has 2 N–H and O–H groups in total. The lowest BCUT2D eigenvalue weighted by Gasteiger charge is -2.12. The molecule has 1 unspecified atom stereocenters. The van der Waals surface area contributed by atoms with Crippen LogP contribution in [-0.4, -0.2) is 23.4 Å². The van der Waals surface area contributed by atoms with Crippen molar-refractivity contribution in [2.45, 2.75) is 13.0 Å². The van der Waals surface area contributed by atoms with Gasteiger partial charge in [0.05, 0.1) is 11.8 Å². The van der Waals surface area contributed by atoms with E-state index >= 15 is 0 Å². The topological polar surface area (TPSA) is 38.4 Å². The highest BCUT2D eigenvalue weighted by Gasteiger charge is 2.06. The largest absolute Gasteiger partial charge is 0.387 e. The van der Waals surface area contributed by atoms with Crippen LogP contribution in [0.4, 0.5) is 0 Å². The molecule has 1 heterocycles. The summed E-state index contributed by atoms with van der Waals surface area (Å²) in [5.41, 5.74) is 5.45. The summed E-state index contributed by atoms with van der Waals surface area (Å²) in [7, 11) is 0. The molecule has 3 heteroatoms. The first-order valence-corrected chi connectivity index (χ1v) is 3.84. The molecule has 0 saturated carbocycles. The van der Waals surface area contributed by atoms with Crippen molar-refractivity contribution in [1.29, 1.82) is 0 Å². The molecule has 0 aromatic rings. The quantitative estimate of drug-likeness (QED) is 0.518. The van der Waals surface area contributed by atoms with Gasteiger partial charge in [0.1, 0.15) is 5.84 Å². The normalized spacial score (nSPS) is 29.6. The maximum atomic E-state index is 5.45. The molecule has 1 rings (SSSR count). The lowest BCUT2D eigenvalue weighted by molar-refractivity contribution is 0.839. The Morgan fingerprint density at radius 2 is 2.62 bits per heavy atom.